The summed E-state index contributed by atoms with van der Waals surface area (Å²) in [6.07, 6.45) is 5.08. The Balaban J connectivity index is 1.57. The summed E-state index contributed by atoms with van der Waals surface area (Å²) in [6, 6.07) is 0. The second-order valence-electron chi connectivity index (χ2n) is 15.5. The minimum absolute atomic E-state index is 0.000834. The van der Waals surface area contributed by atoms with Crippen LogP contribution in [-0.4, -0.2) is 28.4 Å². The molecule has 5 heteroatoms. The number of allylic oxidation sites excluding steroid dienone is 2. The number of hydrogen-bond donors (Lipinski definition) is 1. The lowest BCUT2D eigenvalue weighted by molar-refractivity contribution is -0.143. The highest BCUT2D eigenvalue weighted by Gasteiger charge is 2.81. The Morgan fingerprint density at radius 1 is 0.974 bits per heavy atom. The molecule has 0 bridgehead atoms. The summed E-state index contributed by atoms with van der Waals surface area (Å²) in [5.41, 5.74) is 1.11. The Morgan fingerprint density at radius 3 is 2.21 bits per heavy atom. The van der Waals surface area contributed by atoms with Crippen LogP contribution >= 0.6 is 0 Å². The van der Waals surface area contributed by atoms with Gasteiger partial charge in [0.1, 0.15) is 11.6 Å². The SMILES string of the molecule is CC1C[C@@]23CC2(C)C(=O)CC[C@]3(C)C2=C1[C@]1(C)[C@@H](C)C[C@](C)(C(C)CC(=O)C[C@@H](C)C(=O)O)[C@@]1(C)CC2=O. The minimum Gasteiger partial charge on any atom is -0.481 e. The number of carbonyl (C=O) groups excluding carboxylic acids is 3. The molecule has 5 nitrogen and oxygen atoms in total. The first kappa shape index (κ1) is 27.8. The number of ketones is 3. The highest BCUT2D eigenvalue weighted by atomic mass is 16.4. The van der Waals surface area contributed by atoms with Crippen molar-refractivity contribution in [3.63, 3.8) is 0 Å². The van der Waals surface area contributed by atoms with Gasteiger partial charge < -0.3 is 5.11 Å². The first-order chi connectivity index (χ1) is 17.4. The van der Waals surface area contributed by atoms with Gasteiger partial charge in [-0.1, -0.05) is 67.9 Å². The molecule has 1 spiro atoms. The van der Waals surface area contributed by atoms with Crippen molar-refractivity contribution in [3.05, 3.63) is 11.1 Å². The number of carboxylic acids is 1. The van der Waals surface area contributed by atoms with Gasteiger partial charge in [-0.25, -0.2) is 0 Å². The third kappa shape index (κ3) is 2.95. The number of aliphatic carboxylic acids is 1. The van der Waals surface area contributed by atoms with Crippen molar-refractivity contribution < 1.29 is 24.3 Å². The summed E-state index contributed by atoms with van der Waals surface area (Å²) in [6.45, 7) is 19.9. The lowest BCUT2D eigenvalue weighted by atomic mass is 9.40. The summed E-state index contributed by atoms with van der Waals surface area (Å²) in [5.74, 6) is -0.308. The summed E-state index contributed by atoms with van der Waals surface area (Å²) >= 11 is 0. The molecular weight excluding hydrogens is 476 g/mol. The third-order valence-electron chi connectivity index (χ3n) is 14.1. The molecule has 0 radical (unpaired) electrons. The summed E-state index contributed by atoms with van der Waals surface area (Å²) in [4.78, 5) is 51.8. The fourth-order valence-corrected chi connectivity index (χ4v) is 11.3. The van der Waals surface area contributed by atoms with Gasteiger partial charge in [0.2, 0.25) is 0 Å². The number of fused-ring (bicyclic) bond motifs is 3. The van der Waals surface area contributed by atoms with Gasteiger partial charge in [-0.05, 0) is 65.1 Å². The Bertz CT molecular complexity index is 1180. The van der Waals surface area contributed by atoms with Gasteiger partial charge in [-0.3, -0.25) is 19.2 Å². The van der Waals surface area contributed by atoms with Crippen LogP contribution in [0, 0.1) is 56.2 Å². The molecule has 0 aromatic rings. The second-order valence-corrected chi connectivity index (χ2v) is 15.5. The van der Waals surface area contributed by atoms with E-state index in [0.717, 1.165) is 31.3 Å². The van der Waals surface area contributed by atoms with Crippen LogP contribution in [-0.2, 0) is 19.2 Å². The zero-order chi connectivity index (χ0) is 28.4. The van der Waals surface area contributed by atoms with E-state index in [1.54, 1.807) is 6.92 Å². The fraction of sp³-hybridized carbons (Fsp3) is 0.818. The molecule has 0 aliphatic heterocycles. The van der Waals surface area contributed by atoms with Crippen molar-refractivity contribution in [2.24, 2.45) is 56.2 Å². The van der Waals surface area contributed by atoms with Crippen molar-refractivity contribution >= 4 is 23.3 Å². The van der Waals surface area contributed by atoms with Gasteiger partial charge in [-0.2, -0.15) is 0 Å². The Kier molecular flexibility index (Phi) is 5.78. The highest BCUT2D eigenvalue weighted by Crippen LogP contribution is 2.85. The second kappa shape index (κ2) is 7.91. The monoisotopic (exact) mass is 524 g/mol. The van der Waals surface area contributed by atoms with Crippen molar-refractivity contribution in [3.8, 4) is 0 Å². The fourth-order valence-electron chi connectivity index (χ4n) is 11.3. The Hall–Kier alpha value is -1.78. The van der Waals surface area contributed by atoms with E-state index in [9.17, 15) is 24.3 Å². The zero-order valence-corrected chi connectivity index (χ0v) is 25.0. The largest absolute Gasteiger partial charge is 0.481 e. The van der Waals surface area contributed by atoms with Crippen LogP contribution in [0.25, 0.3) is 0 Å². The maximum absolute atomic E-state index is 14.5. The normalized spacial score (nSPS) is 49.0. The highest BCUT2D eigenvalue weighted by molar-refractivity contribution is 6.02. The molecule has 10 atom stereocenters. The number of carboxylic acid groups (broad SMARTS) is 1. The smallest absolute Gasteiger partial charge is 0.306 e. The van der Waals surface area contributed by atoms with E-state index in [1.165, 1.54) is 5.57 Å². The number of carbonyl (C=O) groups is 4. The summed E-state index contributed by atoms with van der Waals surface area (Å²) in [7, 11) is 0. The van der Waals surface area contributed by atoms with Crippen LogP contribution in [0.5, 0.6) is 0 Å². The molecule has 210 valence electrons. The van der Waals surface area contributed by atoms with E-state index < -0.39 is 11.9 Å². The topological polar surface area (TPSA) is 88.5 Å². The molecule has 0 saturated heterocycles. The van der Waals surface area contributed by atoms with Gasteiger partial charge in [0.05, 0.1) is 5.92 Å². The molecule has 1 N–H and O–H groups in total. The van der Waals surface area contributed by atoms with Crippen molar-refractivity contribution in [2.45, 2.75) is 114 Å². The average molecular weight is 525 g/mol. The standard InChI is InChI=1S/C33H48O5/c1-18(27(37)38)12-22(34)13-20(3)29(6)15-21(4)32(9)25-19(2)14-33-17-30(33,7)24(36)10-11-28(33,5)26(25)23(35)16-31(29,32)8/h18-21H,10-17H2,1-9H3,(H,37,38)/t18-,19?,20?,21+,28-,29-,30?,31-,32+,33+/m1/s1. The summed E-state index contributed by atoms with van der Waals surface area (Å²) in [5, 5.41) is 9.30. The average Bonchev–Trinajstić information content (AvgIpc) is 3.40. The predicted octanol–water partition coefficient (Wildman–Crippen LogP) is 6.83. The maximum Gasteiger partial charge on any atom is 0.306 e. The van der Waals surface area contributed by atoms with Crippen molar-refractivity contribution in [2.75, 3.05) is 0 Å². The third-order valence-corrected chi connectivity index (χ3v) is 14.1. The minimum atomic E-state index is -0.933. The molecule has 0 heterocycles. The van der Waals surface area contributed by atoms with Crippen LogP contribution in [0.3, 0.4) is 0 Å². The van der Waals surface area contributed by atoms with E-state index in [0.29, 0.717) is 31.0 Å². The van der Waals surface area contributed by atoms with E-state index in [-0.39, 0.29) is 62.3 Å². The number of hydrogen-bond acceptors (Lipinski definition) is 4. The molecular formula is C33H48O5. The lowest BCUT2D eigenvalue weighted by Gasteiger charge is -2.62. The molecule has 0 amide bonds. The molecule has 3 unspecified atom stereocenters. The van der Waals surface area contributed by atoms with Crippen molar-refractivity contribution in [1.82, 2.24) is 0 Å². The van der Waals surface area contributed by atoms with Crippen LogP contribution in [0.15, 0.2) is 11.1 Å². The summed E-state index contributed by atoms with van der Waals surface area (Å²) < 4.78 is 0. The Labute approximate surface area is 228 Å². The van der Waals surface area contributed by atoms with Crippen LogP contribution in [0.2, 0.25) is 0 Å². The number of Topliss-reactive ketones (excluding diaryl/α,β-unsaturated/α-hetero) is 3. The van der Waals surface area contributed by atoms with E-state index in [1.807, 2.05) is 0 Å². The maximum atomic E-state index is 14.5. The van der Waals surface area contributed by atoms with E-state index in [4.69, 9.17) is 0 Å². The van der Waals surface area contributed by atoms with Crippen LogP contribution in [0.4, 0.5) is 0 Å². The van der Waals surface area contributed by atoms with Gasteiger partial charge in [0, 0.05) is 42.1 Å². The van der Waals surface area contributed by atoms with Crippen LogP contribution in [0.1, 0.15) is 114 Å². The van der Waals surface area contributed by atoms with Crippen LogP contribution < -0.4 is 0 Å². The lowest BCUT2D eigenvalue weighted by Crippen LogP contribution is -2.58. The van der Waals surface area contributed by atoms with Crippen molar-refractivity contribution in [1.29, 1.82) is 0 Å². The molecule has 38 heavy (non-hydrogen) atoms. The van der Waals surface area contributed by atoms with E-state index >= 15 is 0 Å². The molecule has 5 rings (SSSR count). The van der Waals surface area contributed by atoms with E-state index in [2.05, 4.69) is 55.4 Å². The molecule has 0 aromatic carbocycles. The first-order valence-corrected chi connectivity index (χ1v) is 14.9. The van der Waals surface area contributed by atoms with Gasteiger partial charge in [0.25, 0.3) is 0 Å². The predicted molar refractivity (Wildman–Crippen MR) is 146 cm³/mol. The Morgan fingerprint density at radius 2 is 1.61 bits per heavy atom. The quantitative estimate of drug-likeness (QED) is 0.412. The molecule has 0 aromatic heterocycles. The zero-order valence-electron chi connectivity index (χ0n) is 25.0. The van der Waals surface area contributed by atoms with Gasteiger partial charge >= 0.3 is 5.97 Å². The first-order valence-electron chi connectivity index (χ1n) is 14.9. The molecule has 5 aliphatic carbocycles. The van der Waals surface area contributed by atoms with Gasteiger partial charge in [-0.15, -0.1) is 0 Å². The molecule has 3 fully saturated rings. The van der Waals surface area contributed by atoms with Gasteiger partial charge in [0.15, 0.2) is 5.78 Å². The number of rotatable bonds is 6. The molecule has 3 saturated carbocycles. The molecule has 5 aliphatic rings.